The molecule has 0 fully saturated rings. The molecule has 0 radical (unpaired) electrons. The number of para-hydroxylation sites is 1. The molecule has 1 atom stereocenters. The molecule has 1 heterocycles. The molecular weight excluding hydrogens is 353 g/mol. The Balaban J connectivity index is 1.56. The lowest BCUT2D eigenvalue weighted by Crippen LogP contribution is -2.23. The zero-order valence-electron chi connectivity index (χ0n) is 14.4. The van der Waals surface area contributed by atoms with Crippen LogP contribution in [0.3, 0.4) is 0 Å². The van der Waals surface area contributed by atoms with E-state index in [0.717, 1.165) is 11.1 Å². The number of carbonyl (C=O) groups is 1. The van der Waals surface area contributed by atoms with Crippen molar-refractivity contribution in [2.75, 3.05) is 5.32 Å². The number of amides is 1. The van der Waals surface area contributed by atoms with Crippen LogP contribution >= 0.6 is 11.8 Å². The maximum atomic E-state index is 13.6. The number of benzene rings is 2. The molecule has 3 rings (SSSR count). The molecule has 26 heavy (non-hydrogen) atoms. The summed E-state index contributed by atoms with van der Waals surface area (Å²) in [5.74, 6) is 0.612. The van der Waals surface area contributed by atoms with Crippen LogP contribution in [0.15, 0.2) is 53.1 Å². The van der Waals surface area contributed by atoms with Crippen molar-refractivity contribution in [2.24, 2.45) is 0 Å². The van der Waals surface area contributed by atoms with Crippen molar-refractivity contribution in [3.63, 3.8) is 0 Å². The third kappa shape index (κ3) is 4.49. The topological polar surface area (TPSA) is 68.0 Å². The highest BCUT2D eigenvalue weighted by molar-refractivity contribution is 7.99. The maximum Gasteiger partial charge on any atom is 0.237 e. The van der Waals surface area contributed by atoms with E-state index in [2.05, 4.69) is 15.5 Å². The highest BCUT2D eigenvalue weighted by Gasteiger charge is 2.17. The van der Waals surface area contributed by atoms with Gasteiger partial charge in [0.2, 0.25) is 17.6 Å². The molecule has 5 nitrogen and oxygen atoms in total. The normalized spacial score (nSPS) is 12.0. The first-order valence-corrected chi connectivity index (χ1v) is 9.14. The molecule has 0 aliphatic heterocycles. The highest BCUT2D eigenvalue weighted by atomic mass is 32.2. The van der Waals surface area contributed by atoms with E-state index < -0.39 is 11.1 Å². The third-order valence-corrected chi connectivity index (χ3v) is 4.86. The molecule has 0 bridgehead atoms. The van der Waals surface area contributed by atoms with Crippen LogP contribution in [-0.4, -0.2) is 21.3 Å². The Bertz CT molecular complexity index is 896. The van der Waals surface area contributed by atoms with Crippen LogP contribution in [0.1, 0.15) is 18.4 Å². The fourth-order valence-corrected chi connectivity index (χ4v) is 2.92. The number of thioether (sulfide) groups is 1. The van der Waals surface area contributed by atoms with Crippen molar-refractivity contribution in [1.29, 1.82) is 0 Å². The van der Waals surface area contributed by atoms with Gasteiger partial charge in [-0.3, -0.25) is 4.79 Å². The van der Waals surface area contributed by atoms with Gasteiger partial charge in [-0.1, -0.05) is 47.1 Å². The predicted molar refractivity (Wildman–Crippen MR) is 100 cm³/mol. The summed E-state index contributed by atoms with van der Waals surface area (Å²) in [7, 11) is 0. The maximum absolute atomic E-state index is 13.6. The number of anilines is 1. The number of aryl methyl sites for hydroxylation is 1. The van der Waals surface area contributed by atoms with Crippen molar-refractivity contribution in [3.05, 3.63) is 65.8 Å². The second-order valence-electron chi connectivity index (χ2n) is 5.80. The number of aromatic nitrogens is 2. The summed E-state index contributed by atoms with van der Waals surface area (Å²) >= 11 is 1.34. The number of nitrogens with one attached hydrogen (secondary N) is 1. The van der Waals surface area contributed by atoms with E-state index in [4.69, 9.17) is 4.52 Å². The first kappa shape index (κ1) is 18.1. The molecule has 0 saturated heterocycles. The Kier molecular flexibility index (Phi) is 5.68. The summed E-state index contributed by atoms with van der Waals surface area (Å²) < 4.78 is 18.8. The summed E-state index contributed by atoms with van der Waals surface area (Å²) in [4.78, 5) is 16.5. The van der Waals surface area contributed by atoms with Gasteiger partial charge < -0.3 is 9.84 Å². The molecule has 0 saturated carbocycles. The van der Waals surface area contributed by atoms with E-state index in [9.17, 15) is 9.18 Å². The molecule has 7 heteroatoms. The van der Waals surface area contributed by atoms with Crippen LogP contribution < -0.4 is 5.32 Å². The van der Waals surface area contributed by atoms with Gasteiger partial charge in [0.1, 0.15) is 5.82 Å². The van der Waals surface area contributed by atoms with E-state index in [1.54, 1.807) is 19.1 Å². The van der Waals surface area contributed by atoms with Crippen LogP contribution in [0.25, 0.3) is 11.4 Å². The van der Waals surface area contributed by atoms with Gasteiger partial charge in [-0.25, -0.2) is 4.39 Å². The van der Waals surface area contributed by atoms with E-state index in [-0.39, 0.29) is 11.6 Å². The predicted octanol–water partition coefficient (Wildman–Crippen LogP) is 4.44. The summed E-state index contributed by atoms with van der Waals surface area (Å²) in [6, 6.07) is 13.9. The van der Waals surface area contributed by atoms with Gasteiger partial charge in [0.25, 0.3) is 0 Å². The van der Waals surface area contributed by atoms with Crippen LogP contribution in [0, 0.1) is 12.7 Å². The summed E-state index contributed by atoms with van der Waals surface area (Å²) in [5, 5.41) is 6.15. The standard InChI is InChI=1S/C19H18FN3O2S/c1-12-7-9-14(10-8-12)18-22-17(25-23-18)11-26-13(2)19(24)21-16-6-4-3-5-15(16)20/h3-10,13H,11H2,1-2H3,(H,21,24)/t13-/m1/s1. The highest BCUT2D eigenvalue weighted by Crippen LogP contribution is 2.22. The Labute approximate surface area is 155 Å². The van der Waals surface area contributed by atoms with E-state index >= 15 is 0 Å². The summed E-state index contributed by atoms with van der Waals surface area (Å²) in [6.45, 7) is 3.76. The number of hydrogen-bond donors (Lipinski definition) is 1. The van der Waals surface area contributed by atoms with Gasteiger partial charge in [-0.15, -0.1) is 11.8 Å². The van der Waals surface area contributed by atoms with Gasteiger partial charge >= 0.3 is 0 Å². The van der Waals surface area contributed by atoms with Crippen molar-refractivity contribution >= 4 is 23.4 Å². The minimum atomic E-state index is -0.460. The number of carbonyl (C=O) groups excluding carboxylic acids is 1. The van der Waals surface area contributed by atoms with Gasteiger partial charge in [-0.05, 0) is 26.0 Å². The van der Waals surface area contributed by atoms with Gasteiger partial charge in [0.15, 0.2) is 0 Å². The lowest BCUT2D eigenvalue weighted by Gasteiger charge is -2.11. The molecule has 0 spiro atoms. The molecule has 2 aromatic carbocycles. The summed E-state index contributed by atoms with van der Waals surface area (Å²) in [6.07, 6.45) is 0. The monoisotopic (exact) mass is 371 g/mol. The molecule has 1 amide bonds. The minimum absolute atomic E-state index is 0.171. The van der Waals surface area contributed by atoms with Gasteiger partial charge in [-0.2, -0.15) is 4.98 Å². The lowest BCUT2D eigenvalue weighted by atomic mass is 10.1. The number of halogens is 1. The number of nitrogens with zero attached hydrogens (tertiary/aromatic N) is 2. The van der Waals surface area contributed by atoms with Crippen molar-refractivity contribution in [3.8, 4) is 11.4 Å². The van der Waals surface area contributed by atoms with E-state index in [1.165, 1.54) is 23.9 Å². The van der Waals surface area contributed by atoms with E-state index in [0.29, 0.717) is 17.5 Å². The second-order valence-corrected chi connectivity index (χ2v) is 7.13. The average molecular weight is 371 g/mol. The second kappa shape index (κ2) is 8.14. The van der Waals surface area contributed by atoms with Crippen molar-refractivity contribution in [2.45, 2.75) is 24.9 Å². The van der Waals surface area contributed by atoms with Crippen molar-refractivity contribution < 1.29 is 13.7 Å². The lowest BCUT2D eigenvalue weighted by molar-refractivity contribution is -0.115. The SMILES string of the molecule is Cc1ccc(-c2noc(CS[C@H](C)C(=O)Nc3ccccc3F)n2)cc1. The average Bonchev–Trinajstić information content (AvgIpc) is 3.11. The quantitative estimate of drug-likeness (QED) is 0.694. The zero-order valence-corrected chi connectivity index (χ0v) is 15.2. The Morgan fingerprint density at radius 2 is 1.96 bits per heavy atom. The Morgan fingerprint density at radius 3 is 2.69 bits per heavy atom. The molecule has 1 N–H and O–H groups in total. The van der Waals surface area contributed by atoms with Crippen LogP contribution in [0.2, 0.25) is 0 Å². The molecule has 3 aromatic rings. The minimum Gasteiger partial charge on any atom is -0.338 e. The largest absolute Gasteiger partial charge is 0.338 e. The fraction of sp³-hybridized carbons (Fsp3) is 0.211. The van der Waals surface area contributed by atoms with Crippen LogP contribution in [0.4, 0.5) is 10.1 Å². The zero-order chi connectivity index (χ0) is 18.5. The van der Waals surface area contributed by atoms with E-state index in [1.807, 2.05) is 31.2 Å². The first-order chi connectivity index (χ1) is 12.5. The van der Waals surface area contributed by atoms with Gasteiger partial charge in [0.05, 0.1) is 16.7 Å². The van der Waals surface area contributed by atoms with Crippen LogP contribution in [-0.2, 0) is 10.5 Å². The smallest absolute Gasteiger partial charge is 0.237 e. The Morgan fingerprint density at radius 1 is 1.23 bits per heavy atom. The number of hydrogen-bond acceptors (Lipinski definition) is 5. The third-order valence-electron chi connectivity index (χ3n) is 3.74. The summed E-state index contributed by atoms with van der Waals surface area (Å²) in [5.41, 5.74) is 2.20. The molecular formula is C19H18FN3O2S. The molecule has 134 valence electrons. The molecule has 0 aliphatic rings. The van der Waals surface area contributed by atoms with Crippen LogP contribution in [0.5, 0.6) is 0 Å². The Hall–Kier alpha value is -2.67. The fourth-order valence-electron chi connectivity index (χ4n) is 2.20. The molecule has 1 aromatic heterocycles. The van der Waals surface area contributed by atoms with Gasteiger partial charge in [0, 0.05) is 5.56 Å². The van der Waals surface area contributed by atoms with Crippen molar-refractivity contribution in [1.82, 2.24) is 10.1 Å². The number of rotatable bonds is 6. The molecule has 0 aliphatic carbocycles. The first-order valence-electron chi connectivity index (χ1n) is 8.09. The molecule has 0 unspecified atom stereocenters.